The molecule has 4 rings (SSSR count). The highest BCUT2D eigenvalue weighted by Gasteiger charge is 2.27. The highest BCUT2D eigenvalue weighted by atomic mass is 35.5. The van der Waals surface area contributed by atoms with Crippen molar-refractivity contribution in [2.45, 2.75) is 6.42 Å². The molecule has 1 aromatic heterocycles. The maximum atomic E-state index is 13.4. The molecule has 1 aliphatic heterocycles. The van der Waals surface area contributed by atoms with Crippen LogP contribution >= 0.6 is 11.6 Å². The Labute approximate surface area is 202 Å². The van der Waals surface area contributed by atoms with Crippen LogP contribution in [0.2, 0.25) is 5.02 Å². The topological polar surface area (TPSA) is 86.1 Å². The highest BCUT2D eigenvalue weighted by Crippen LogP contribution is 2.24. The number of rotatable bonds is 4. The van der Waals surface area contributed by atoms with E-state index in [9.17, 15) is 14.4 Å². The Morgan fingerprint density at radius 1 is 0.941 bits per heavy atom. The molecule has 0 atom stereocenters. The third kappa shape index (κ3) is 5.23. The molecule has 0 aliphatic carbocycles. The van der Waals surface area contributed by atoms with Gasteiger partial charge in [-0.2, -0.15) is 0 Å². The van der Waals surface area contributed by atoms with Gasteiger partial charge in [-0.05, 0) is 48.9 Å². The Hall–Kier alpha value is -3.78. The second kappa shape index (κ2) is 10.4. The second-order valence-corrected chi connectivity index (χ2v) is 8.37. The van der Waals surface area contributed by atoms with Crippen molar-refractivity contribution in [3.05, 3.63) is 83.3 Å². The number of benzene rings is 2. The van der Waals surface area contributed by atoms with Gasteiger partial charge >= 0.3 is 6.03 Å². The first-order chi connectivity index (χ1) is 16.4. The van der Waals surface area contributed by atoms with E-state index in [1.807, 2.05) is 0 Å². The summed E-state index contributed by atoms with van der Waals surface area (Å²) in [6, 6.07) is 16.9. The van der Waals surface area contributed by atoms with Crippen LogP contribution in [0.1, 0.15) is 27.3 Å². The van der Waals surface area contributed by atoms with Gasteiger partial charge in [-0.1, -0.05) is 29.8 Å². The molecule has 176 valence electrons. The number of nitrogens with one attached hydrogen (secondary N) is 1. The minimum atomic E-state index is -0.343. The lowest BCUT2D eigenvalue weighted by molar-refractivity contribution is 0.0763. The molecule has 0 spiro atoms. The molecule has 0 saturated carbocycles. The van der Waals surface area contributed by atoms with Crippen molar-refractivity contribution in [1.82, 2.24) is 9.80 Å². The summed E-state index contributed by atoms with van der Waals surface area (Å²) in [5.41, 5.74) is 1.53. The Bertz CT molecular complexity index is 1180. The first kappa shape index (κ1) is 23.4. The summed E-state index contributed by atoms with van der Waals surface area (Å²) < 4.78 is 5.22. The molecular weight excluding hydrogens is 456 g/mol. The minimum Gasteiger partial charge on any atom is -0.459 e. The zero-order valence-corrected chi connectivity index (χ0v) is 19.5. The van der Waals surface area contributed by atoms with Gasteiger partial charge in [-0.15, -0.1) is 0 Å². The maximum Gasteiger partial charge on any atom is 0.321 e. The van der Waals surface area contributed by atoms with Crippen LogP contribution in [0.4, 0.5) is 16.2 Å². The van der Waals surface area contributed by atoms with Gasteiger partial charge < -0.3 is 24.4 Å². The number of nitrogens with zero attached hydrogens (tertiary/aromatic N) is 3. The SMILES string of the molecule is CN(C(=O)c1ccco1)c1ccccc1C(=O)N1CCCN(C(=O)Nc2cccc(Cl)c2)CC1. The smallest absolute Gasteiger partial charge is 0.321 e. The van der Waals surface area contributed by atoms with Crippen LogP contribution in [0.15, 0.2) is 71.3 Å². The van der Waals surface area contributed by atoms with E-state index in [-0.39, 0.29) is 23.6 Å². The lowest BCUT2D eigenvalue weighted by Crippen LogP contribution is -2.39. The molecule has 2 aromatic carbocycles. The first-order valence-electron chi connectivity index (χ1n) is 11.0. The number of carbonyl (C=O) groups excluding carboxylic acids is 3. The predicted molar refractivity (Wildman–Crippen MR) is 130 cm³/mol. The molecule has 4 amide bonds. The van der Waals surface area contributed by atoms with Crippen molar-refractivity contribution in [3.63, 3.8) is 0 Å². The normalized spacial score (nSPS) is 13.8. The van der Waals surface area contributed by atoms with Gasteiger partial charge in [0, 0.05) is 43.9 Å². The summed E-state index contributed by atoms with van der Waals surface area (Å²) >= 11 is 6.00. The summed E-state index contributed by atoms with van der Waals surface area (Å²) in [6.45, 7) is 1.80. The van der Waals surface area contributed by atoms with E-state index in [4.69, 9.17) is 16.0 Å². The van der Waals surface area contributed by atoms with Crippen molar-refractivity contribution in [2.75, 3.05) is 43.4 Å². The zero-order valence-electron chi connectivity index (χ0n) is 18.7. The standard InChI is InChI=1S/C25H25ClN4O4/c1-28(24(32)22-11-5-16-34-22)21-10-3-2-9-20(21)23(31)29-12-6-13-30(15-14-29)25(33)27-19-8-4-7-18(26)17-19/h2-5,7-11,16-17H,6,12-15H2,1H3,(H,27,33). The molecule has 8 nitrogen and oxygen atoms in total. The zero-order chi connectivity index (χ0) is 24.1. The van der Waals surface area contributed by atoms with Gasteiger partial charge in [-0.3, -0.25) is 9.59 Å². The largest absolute Gasteiger partial charge is 0.459 e. The Balaban J connectivity index is 1.44. The number of halogens is 1. The van der Waals surface area contributed by atoms with Gasteiger partial charge in [0.1, 0.15) is 0 Å². The van der Waals surface area contributed by atoms with Crippen LogP contribution < -0.4 is 10.2 Å². The van der Waals surface area contributed by atoms with E-state index in [2.05, 4.69) is 5.32 Å². The maximum absolute atomic E-state index is 13.4. The first-order valence-corrected chi connectivity index (χ1v) is 11.3. The molecule has 0 bridgehead atoms. The lowest BCUT2D eigenvalue weighted by atomic mass is 10.1. The number of amides is 4. The van der Waals surface area contributed by atoms with Crippen molar-refractivity contribution < 1.29 is 18.8 Å². The number of hydrogen-bond acceptors (Lipinski definition) is 4. The van der Waals surface area contributed by atoms with Gasteiger partial charge in [0.25, 0.3) is 11.8 Å². The Morgan fingerprint density at radius 2 is 1.71 bits per heavy atom. The molecule has 2 heterocycles. The second-order valence-electron chi connectivity index (χ2n) is 7.93. The predicted octanol–water partition coefficient (Wildman–Crippen LogP) is 4.59. The number of furan rings is 1. The quantitative estimate of drug-likeness (QED) is 0.591. The third-order valence-corrected chi connectivity index (χ3v) is 5.91. The fourth-order valence-corrected chi connectivity index (χ4v) is 4.07. The molecule has 1 N–H and O–H groups in total. The molecular formula is C25H25ClN4O4. The van der Waals surface area contributed by atoms with Gasteiger partial charge in [0.2, 0.25) is 0 Å². The number of para-hydroxylation sites is 1. The van der Waals surface area contributed by atoms with Crippen molar-refractivity contribution in [1.29, 1.82) is 0 Å². The molecule has 34 heavy (non-hydrogen) atoms. The molecule has 0 unspecified atom stereocenters. The van der Waals surface area contributed by atoms with Gasteiger partial charge in [-0.25, -0.2) is 4.79 Å². The van der Waals surface area contributed by atoms with Crippen LogP contribution in [0, 0.1) is 0 Å². The fraction of sp³-hybridized carbons (Fsp3) is 0.240. The van der Waals surface area contributed by atoms with Crippen molar-refractivity contribution in [2.24, 2.45) is 0 Å². The van der Waals surface area contributed by atoms with E-state index >= 15 is 0 Å². The summed E-state index contributed by atoms with van der Waals surface area (Å²) in [6.07, 6.45) is 2.07. The average Bonchev–Trinajstić information content (AvgIpc) is 3.27. The Kier molecular flexibility index (Phi) is 7.18. The molecule has 1 saturated heterocycles. The third-order valence-electron chi connectivity index (χ3n) is 5.68. The van der Waals surface area contributed by atoms with Crippen LogP contribution in [0.25, 0.3) is 0 Å². The number of urea groups is 1. The van der Waals surface area contributed by atoms with Gasteiger partial charge in [0.05, 0.1) is 17.5 Å². The highest BCUT2D eigenvalue weighted by molar-refractivity contribution is 6.30. The lowest BCUT2D eigenvalue weighted by Gasteiger charge is -2.25. The minimum absolute atomic E-state index is 0.188. The number of anilines is 2. The van der Waals surface area contributed by atoms with Crippen LogP contribution in [-0.2, 0) is 0 Å². The number of carbonyl (C=O) groups is 3. The fourth-order valence-electron chi connectivity index (χ4n) is 3.88. The van der Waals surface area contributed by atoms with E-state index in [1.165, 1.54) is 11.2 Å². The van der Waals surface area contributed by atoms with Crippen LogP contribution in [-0.4, -0.2) is 60.9 Å². The van der Waals surface area contributed by atoms with Crippen molar-refractivity contribution in [3.8, 4) is 0 Å². The van der Waals surface area contributed by atoms with Crippen molar-refractivity contribution >= 4 is 40.8 Å². The molecule has 9 heteroatoms. The van der Waals surface area contributed by atoms with Crippen LogP contribution in [0.5, 0.6) is 0 Å². The Morgan fingerprint density at radius 3 is 2.47 bits per heavy atom. The summed E-state index contributed by atoms with van der Waals surface area (Å²) in [5.74, 6) is -0.336. The summed E-state index contributed by atoms with van der Waals surface area (Å²) in [4.78, 5) is 43.7. The van der Waals surface area contributed by atoms with E-state index in [0.717, 1.165) is 0 Å². The summed E-state index contributed by atoms with van der Waals surface area (Å²) in [5, 5.41) is 3.39. The summed E-state index contributed by atoms with van der Waals surface area (Å²) in [7, 11) is 1.61. The van der Waals surface area contributed by atoms with E-state index < -0.39 is 0 Å². The molecule has 1 fully saturated rings. The average molecular weight is 481 g/mol. The molecule has 1 aliphatic rings. The van der Waals surface area contributed by atoms with E-state index in [1.54, 1.807) is 77.5 Å². The molecule has 0 radical (unpaired) electrons. The van der Waals surface area contributed by atoms with Crippen LogP contribution in [0.3, 0.4) is 0 Å². The molecule has 3 aromatic rings. The monoisotopic (exact) mass is 480 g/mol. The van der Waals surface area contributed by atoms with Gasteiger partial charge in [0.15, 0.2) is 5.76 Å². The van der Waals surface area contributed by atoms with E-state index in [0.29, 0.717) is 54.6 Å². The number of hydrogen-bond donors (Lipinski definition) is 1.